The monoisotopic (exact) mass is 434 g/mol. The van der Waals surface area contributed by atoms with Crippen molar-refractivity contribution >= 4 is 46.0 Å². The summed E-state index contributed by atoms with van der Waals surface area (Å²) in [5.74, 6) is 0.748. The zero-order valence-corrected chi connectivity index (χ0v) is 18.7. The Labute approximate surface area is 186 Å². The fourth-order valence-electron chi connectivity index (χ4n) is 3.75. The summed E-state index contributed by atoms with van der Waals surface area (Å²) >= 11 is 1.40. The van der Waals surface area contributed by atoms with Gasteiger partial charge in [-0.1, -0.05) is 62.9 Å². The molecule has 2 unspecified atom stereocenters. The fraction of sp³-hybridized carbons (Fsp3) is 0.333. The van der Waals surface area contributed by atoms with Crippen LogP contribution in [0.15, 0.2) is 64.6 Å². The molecule has 0 saturated heterocycles. The first-order chi connectivity index (χ1) is 15.0. The van der Waals surface area contributed by atoms with Gasteiger partial charge in [0.2, 0.25) is 5.91 Å². The molecule has 1 N–H and O–H groups in total. The maximum atomic E-state index is 13.0. The number of para-hydroxylation sites is 2. The smallest absolute Gasteiger partial charge is 0.270 e. The first kappa shape index (κ1) is 21.3. The lowest BCUT2D eigenvalue weighted by Crippen LogP contribution is -2.45. The van der Waals surface area contributed by atoms with Gasteiger partial charge in [0, 0.05) is 11.3 Å². The molecule has 6 nitrogen and oxygen atoms in total. The van der Waals surface area contributed by atoms with E-state index in [1.165, 1.54) is 11.8 Å². The second kappa shape index (κ2) is 9.06. The first-order valence-electron chi connectivity index (χ1n) is 10.6. The van der Waals surface area contributed by atoms with Crippen molar-refractivity contribution in [1.29, 1.82) is 0 Å². The SMILES string of the molecule is CCC(SC1=Nc2ccccc2C2=NC(=O)C(CC(C)C)N12)C(=O)Nc1ccccc1. The van der Waals surface area contributed by atoms with Gasteiger partial charge in [-0.3, -0.25) is 14.5 Å². The van der Waals surface area contributed by atoms with E-state index in [1.54, 1.807) is 0 Å². The normalized spacial score (nSPS) is 18.3. The molecule has 0 radical (unpaired) electrons. The third-order valence-corrected chi connectivity index (χ3v) is 6.59. The molecule has 2 aromatic carbocycles. The molecule has 2 atom stereocenters. The molecule has 0 saturated carbocycles. The third-order valence-electron chi connectivity index (χ3n) is 5.26. The van der Waals surface area contributed by atoms with Crippen LogP contribution in [-0.4, -0.2) is 39.0 Å². The number of benzene rings is 2. The van der Waals surface area contributed by atoms with Crippen LogP contribution in [0, 0.1) is 5.92 Å². The standard InChI is InChI=1S/C24H26N4O2S/c1-4-20(23(30)25-16-10-6-5-7-11-16)31-24-26-18-13-9-8-12-17(18)21-27-22(29)19(28(21)24)14-15(2)3/h5-13,15,19-20H,4,14H2,1-3H3,(H,25,30). The molecule has 0 aromatic heterocycles. The molecule has 0 bridgehead atoms. The summed E-state index contributed by atoms with van der Waals surface area (Å²) in [4.78, 5) is 36.9. The van der Waals surface area contributed by atoms with Crippen molar-refractivity contribution in [2.24, 2.45) is 15.9 Å². The number of amides is 2. The van der Waals surface area contributed by atoms with Gasteiger partial charge < -0.3 is 5.32 Å². The second-order valence-electron chi connectivity index (χ2n) is 8.07. The average Bonchev–Trinajstić information content (AvgIpc) is 3.08. The molecule has 4 rings (SSSR count). The molecule has 2 aliphatic rings. The average molecular weight is 435 g/mol. The van der Waals surface area contributed by atoms with Crippen molar-refractivity contribution in [3.63, 3.8) is 0 Å². The van der Waals surface area contributed by atoms with E-state index in [0.717, 1.165) is 16.9 Å². The maximum Gasteiger partial charge on any atom is 0.270 e. The zero-order valence-electron chi connectivity index (χ0n) is 17.9. The van der Waals surface area contributed by atoms with E-state index >= 15 is 0 Å². The number of fused-ring (bicyclic) bond motifs is 3. The van der Waals surface area contributed by atoms with E-state index in [1.807, 2.05) is 66.4 Å². The number of anilines is 1. The predicted octanol–water partition coefficient (Wildman–Crippen LogP) is 4.84. The van der Waals surface area contributed by atoms with Gasteiger partial charge in [-0.25, -0.2) is 4.99 Å². The molecular formula is C24H26N4O2S. The Bertz CT molecular complexity index is 1050. The van der Waals surface area contributed by atoms with Crippen LogP contribution < -0.4 is 5.32 Å². The second-order valence-corrected chi connectivity index (χ2v) is 9.24. The minimum absolute atomic E-state index is 0.0790. The molecule has 7 heteroatoms. The van der Waals surface area contributed by atoms with Crippen LogP contribution in [0.4, 0.5) is 11.4 Å². The zero-order chi connectivity index (χ0) is 22.0. The summed E-state index contributed by atoms with van der Waals surface area (Å²) < 4.78 is 0. The van der Waals surface area contributed by atoms with Crippen molar-refractivity contribution in [1.82, 2.24) is 4.90 Å². The van der Waals surface area contributed by atoms with E-state index in [-0.39, 0.29) is 23.1 Å². The molecule has 0 aliphatic carbocycles. The van der Waals surface area contributed by atoms with Gasteiger partial charge in [0.1, 0.15) is 11.9 Å². The Morgan fingerprint density at radius 3 is 2.52 bits per heavy atom. The van der Waals surface area contributed by atoms with Crippen LogP contribution in [0.2, 0.25) is 0 Å². The van der Waals surface area contributed by atoms with Crippen molar-refractivity contribution in [2.45, 2.75) is 44.9 Å². The van der Waals surface area contributed by atoms with E-state index in [4.69, 9.17) is 4.99 Å². The van der Waals surface area contributed by atoms with Gasteiger partial charge in [-0.2, -0.15) is 4.99 Å². The summed E-state index contributed by atoms with van der Waals surface area (Å²) in [6.07, 6.45) is 1.31. The number of rotatable bonds is 6. The Balaban J connectivity index is 1.64. The predicted molar refractivity (Wildman–Crippen MR) is 127 cm³/mol. The number of nitrogens with one attached hydrogen (secondary N) is 1. The van der Waals surface area contributed by atoms with Crippen LogP contribution in [0.25, 0.3) is 0 Å². The maximum absolute atomic E-state index is 13.0. The van der Waals surface area contributed by atoms with E-state index in [2.05, 4.69) is 24.2 Å². The van der Waals surface area contributed by atoms with Crippen LogP contribution in [0.5, 0.6) is 0 Å². The number of hydrogen-bond acceptors (Lipinski definition) is 5. The highest BCUT2D eigenvalue weighted by molar-refractivity contribution is 8.15. The molecular weight excluding hydrogens is 408 g/mol. The lowest BCUT2D eigenvalue weighted by atomic mass is 10.0. The Hall–Kier alpha value is -2.93. The van der Waals surface area contributed by atoms with Gasteiger partial charge in [-0.05, 0) is 43.0 Å². The van der Waals surface area contributed by atoms with E-state index in [9.17, 15) is 9.59 Å². The van der Waals surface area contributed by atoms with Gasteiger partial charge in [-0.15, -0.1) is 0 Å². The molecule has 31 heavy (non-hydrogen) atoms. The highest BCUT2D eigenvalue weighted by Gasteiger charge is 2.42. The Morgan fingerprint density at radius 1 is 1.10 bits per heavy atom. The number of hydrogen-bond donors (Lipinski definition) is 1. The molecule has 0 fully saturated rings. The lowest BCUT2D eigenvalue weighted by molar-refractivity contribution is -0.120. The number of nitrogens with zero attached hydrogens (tertiary/aromatic N) is 3. The molecule has 2 aromatic rings. The van der Waals surface area contributed by atoms with Crippen LogP contribution in [-0.2, 0) is 9.59 Å². The lowest BCUT2D eigenvalue weighted by Gasteiger charge is -2.32. The van der Waals surface area contributed by atoms with Gasteiger partial charge in [0.05, 0.1) is 10.9 Å². The van der Waals surface area contributed by atoms with Crippen molar-refractivity contribution < 1.29 is 9.59 Å². The minimum Gasteiger partial charge on any atom is -0.325 e. The summed E-state index contributed by atoms with van der Waals surface area (Å²) in [6, 6.07) is 16.7. The minimum atomic E-state index is -0.385. The quantitative estimate of drug-likeness (QED) is 0.706. The molecule has 160 valence electrons. The summed E-state index contributed by atoms with van der Waals surface area (Å²) in [5, 5.41) is 3.29. The first-order valence-corrected chi connectivity index (χ1v) is 11.5. The summed E-state index contributed by atoms with van der Waals surface area (Å²) in [6.45, 7) is 6.17. The van der Waals surface area contributed by atoms with Crippen LogP contribution in [0.3, 0.4) is 0 Å². The molecule has 2 aliphatic heterocycles. The number of amidine groups is 2. The van der Waals surface area contributed by atoms with E-state index < -0.39 is 0 Å². The van der Waals surface area contributed by atoms with Gasteiger partial charge >= 0.3 is 0 Å². The summed E-state index contributed by atoms with van der Waals surface area (Å²) in [7, 11) is 0. The third kappa shape index (κ3) is 4.42. The topological polar surface area (TPSA) is 74.1 Å². The summed E-state index contributed by atoms with van der Waals surface area (Å²) in [5.41, 5.74) is 2.39. The van der Waals surface area contributed by atoms with E-state index in [0.29, 0.717) is 29.8 Å². The largest absolute Gasteiger partial charge is 0.325 e. The Morgan fingerprint density at radius 2 is 1.81 bits per heavy atom. The van der Waals surface area contributed by atoms with Gasteiger partial charge in [0.25, 0.3) is 5.91 Å². The van der Waals surface area contributed by atoms with Crippen LogP contribution in [0.1, 0.15) is 39.2 Å². The Kier molecular flexibility index (Phi) is 6.23. The number of carbonyl (C=O) groups is 2. The van der Waals surface area contributed by atoms with Crippen LogP contribution >= 0.6 is 11.8 Å². The van der Waals surface area contributed by atoms with Crippen molar-refractivity contribution in [2.75, 3.05) is 5.32 Å². The van der Waals surface area contributed by atoms with Crippen molar-refractivity contribution in [3.05, 3.63) is 60.2 Å². The number of carbonyl (C=O) groups excluding carboxylic acids is 2. The number of thioether (sulfide) groups is 1. The molecule has 0 spiro atoms. The fourth-order valence-corrected chi connectivity index (χ4v) is 4.82. The van der Waals surface area contributed by atoms with Gasteiger partial charge in [0.15, 0.2) is 5.17 Å². The molecule has 2 amide bonds. The number of aliphatic imine (C=N–C) groups is 2. The molecule has 2 heterocycles. The highest BCUT2D eigenvalue weighted by atomic mass is 32.2. The highest BCUT2D eigenvalue weighted by Crippen LogP contribution is 2.37. The van der Waals surface area contributed by atoms with Crippen molar-refractivity contribution in [3.8, 4) is 0 Å².